The summed E-state index contributed by atoms with van der Waals surface area (Å²) >= 11 is 6.16. The Labute approximate surface area is 131 Å². The molecule has 1 aromatic heterocycles. The molecule has 1 aromatic carbocycles. The first-order chi connectivity index (χ1) is 10.1. The fourth-order valence-corrected chi connectivity index (χ4v) is 2.29. The summed E-state index contributed by atoms with van der Waals surface area (Å²) in [5, 5.41) is 4.17. The van der Waals surface area contributed by atoms with E-state index in [1.165, 1.54) is 0 Å². The fourth-order valence-electron chi connectivity index (χ4n) is 2.11. The molecular formula is C17H23ClN2O. The van der Waals surface area contributed by atoms with Crippen LogP contribution in [0.1, 0.15) is 17.7 Å². The first kappa shape index (κ1) is 16.1. The molecule has 21 heavy (non-hydrogen) atoms. The summed E-state index contributed by atoms with van der Waals surface area (Å²) in [5.41, 5.74) is 2.10. The molecule has 0 radical (unpaired) electrons. The largest absolute Gasteiger partial charge is 0.460 e. The van der Waals surface area contributed by atoms with Crippen LogP contribution in [0.15, 0.2) is 34.7 Å². The van der Waals surface area contributed by atoms with E-state index in [2.05, 4.69) is 24.3 Å². The fraction of sp³-hybridized carbons (Fsp3) is 0.412. The van der Waals surface area contributed by atoms with Crippen LogP contribution in [0.25, 0.3) is 11.3 Å². The lowest BCUT2D eigenvalue weighted by atomic mass is 10.1. The van der Waals surface area contributed by atoms with Crippen LogP contribution in [0.2, 0.25) is 5.02 Å². The maximum absolute atomic E-state index is 6.16. The smallest absolute Gasteiger partial charge is 0.134 e. The van der Waals surface area contributed by atoms with Gasteiger partial charge in [-0.05, 0) is 64.3 Å². The first-order valence-electron chi connectivity index (χ1n) is 7.27. The van der Waals surface area contributed by atoms with Crippen molar-refractivity contribution in [1.29, 1.82) is 0 Å². The van der Waals surface area contributed by atoms with Crippen LogP contribution in [-0.2, 0) is 6.54 Å². The summed E-state index contributed by atoms with van der Waals surface area (Å²) in [6.07, 6.45) is 1.13. The van der Waals surface area contributed by atoms with E-state index in [1.807, 2.05) is 37.3 Å². The zero-order valence-electron chi connectivity index (χ0n) is 12.9. The molecule has 3 nitrogen and oxygen atoms in total. The summed E-state index contributed by atoms with van der Waals surface area (Å²) in [6.45, 7) is 4.84. The number of hydrogen-bond donors (Lipinski definition) is 1. The second-order valence-electron chi connectivity index (χ2n) is 5.56. The number of aryl methyl sites for hydroxylation is 1. The molecule has 2 aromatic rings. The Hall–Kier alpha value is -1.29. The highest BCUT2D eigenvalue weighted by atomic mass is 35.5. The van der Waals surface area contributed by atoms with E-state index in [0.29, 0.717) is 0 Å². The third-order valence-corrected chi connectivity index (χ3v) is 3.78. The van der Waals surface area contributed by atoms with E-state index >= 15 is 0 Å². The van der Waals surface area contributed by atoms with Crippen molar-refractivity contribution < 1.29 is 4.42 Å². The number of nitrogens with one attached hydrogen (secondary N) is 1. The zero-order chi connectivity index (χ0) is 15.2. The number of furan rings is 1. The second-order valence-corrected chi connectivity index (χ2v) is 5.97. The molecule has 0 aliphatic carbocycles. The molecule has 0 atom stereocenters. The average Bonchev–Trinajstić information content (AvgIpc) is 2.90. The lowest BCUT2D eigenvalue weighted by Crippen LogP contribution is -2.20. The Bertz CT molecular complexity index is 578. The van der Waals surface area contributed by atoms with Crippen LogP contribution in [0.3, 0.4) is 0 Å². The molecule has 1 N–H and O–H groups in total. The molecule has 0 saturated heterocycles. The van der Waals surface area contributed by atoms with Gasteiger partial charge in [0.1, 0.15) is 11.5 Å². The monoisotopic (exact) mass is 306 g/mol. The van der Waals surface area contributed by atoms with Gasteiger partial charge in [-0.1, -0.05) is 23.7 Å². The van der Waals surface area contributed by atoms with Gasteiger partial charge in [0.2, 0.25) is 0 Å². The first-order valence-corrected chi connectivity index (χ1v) is 7.65. The minimum Gasteiger partial charge on any atom is -0.460 e. The zero-order valence-corrected chi connectivity index (χ0v) is 13.7. The van der Waals surface area contributed by atoms with Gasteiger partial charge < -0.3 is 14.6 Å². The summed E-state index contributed by atoms with van der Waals surface area (Å²) in [4.78, 5) is 2.19. The molecule has 0 amide bonds. The molecule has 4 heteroatoms. The third kappa shape index (κ3) is 4.88. The minimum atomic E-state index is 0.757. The van der Waals surface area contributed by atoms with Crippen molar-refractivity contribution in [3.05, 3.63) is 46.7 Å². The Balaban J connectivity index is 1.87. The molecule has 2 rings (SSSR count). The highest BCUT2D eigenvalue weighted by Crippen LogP contribution is 2.26. The summed E-state index contributed by atoms with van der Waals surface area (Å²) < 4.78 is 5.86. The number of hydrogen-bond acceptors (Lipinski definition) is 3. The highest BCUT2D eigenvalue weighted by molar-refractivity contribution is 6.31. The van der Waals surface area contributed by atoms with Gasteiger partial charge in [-0.3, -0.25) is 0 Å². The van der Waals surface area contributed by atoms with Crippen molar-refractivity contribution in [3.8, 4) is 11.3 Å². The molecule has 0 bridgehead atoms. The number of halogens is 1. The maximum Gasteiger partial charge on any atom is 0.134 e. The van der Waals surface area contributed by atoms with Crippen molar-refractivity contribution in [3.63, 3.8) is 0 Å². The van der Waals surface area contributed by atoms with E-state index in [-0.39, 0.29) is 0 Å². The average molecular weight is 307 g/mol. The van der Waals surface area contributed by atoms with E-state index in [4.69, 9.17) is 16.0 Å². The van der Waals surface area contributed by atoms with E-state index in [0.717, 1.165) is 53.7 Å². The Morgan fingerprint density at radius 2 is 2.00 bits per heavy atom. The third-order valence-electron chi connectivity index (χ3n) is 3.38. The van der Waals surface area contributed by atoms with E-state index in [1.54, 1.807) is 0 Å². The molecule has 114 valence electrons. The predicted octanol–water partition coefficient (Wildman–Crippen LogP) is 3.95. The molecular weight excluding hydrogens is 284 g/mol. The molecule has 1 heterocycles. The second kappa shape index (κ2) is 7.64. The number of nitrogens with zero attached hydrogens (tertiary/aromatic N) is 1. The normalized spacial score (nSPS) is 11.3. The van der Waals surface area contributed by atoms with Gasteiger partial charge in [-0.25, -0.2) is 0 Å². The lowest BCUT2D eigenvalue weighted by molar-refractivity contribution is 0.391. The van der Waals surface area contributed by atoms with Gasteiger partial charge in [0.15, 0.2) is 0 Å². The van der Waals surface area contributed by atoms with Crippen LogP contribution in [0.4, 0.5) is 0 Å². The SMILES string of the molecule is Cc1ccc(-c2ccc(CNCCCN(C)C)o2)cc1Cl. The van der Waals surface area contributed by atoms with Crippen LogP contribution >= 0.6 is 11.6 Å². The van der Waals surface area contributed by atoms with Crippen LogP contribution in [-0.4, -0.2) is 32.1 Å². The Morgan fingerprint density at radius 1 is 1.19 bits per heavy atom. The van der Waals surface area contributed by atoms with Crippen molar-refractivity contribution >= 4 is 11.6 Å². The molecule has 0 spiro atoms. The predicted molar refractivity (Wildman–Crippen MR) is 88.8 cm³/mol. The number of rotatable bonds is 7. The topological polar surface area (TPSA) is 28.4 Å². The van der Waals surface area contributed by atoms with Gasteiger partial charge in [0, 0.05) is 10.6 Å². The van der Waals surface area contributed by atoms with Crippen LogP contribution < -0.4 is 5.32 Å². The quantitative estimate of drug-likeness (QED) is 0.785. The van der Waals surface area contributed by atoms with E-state index < -0.39 is 0 Å². The molecule has 0 aliphatic heterocycles. The lowest BCUT2D eigenvalue weighted by Gasteiger charge is -2.09. The molecule has 0 aliphatic rings. The van der Waals surface area contributed by atoms with Gasteiger partial charge >= 0.3 is 0 Å². The summed E-state index contributed by atoms with van der Waals surface area (Å²) in [6, 6.07) is 10.0. The van der Waals surface area contributed by atoms with Gasteiger partial charge in [-0.2, -0.15) is 0 Å². The van der Waals surface area contributed by atoms with Gasteiger partial charge in [0.05, 0.1) is 6.54 Å². The molecule has 0 fully saturated rings. The standard InChI is InChI=1S/C17H23ClN2O/c1-13-5-6-14(11-16(13)18)17-8-7-15(21-17)12-19-9-4-10-20(2)3/h5-8,11,19H,4,9-10,12H2,1-3H3. The van der Waals surface area contributed by atoms with Crippen molar-refractivity contribution in [2.45, 2.75) is 19.9 Å². The van der Waals surface area contributed by atoms with Gasteiger partial charge in [0.25, 0.3) is 0 Å². The molecule has 0 unspecified atom stereocenters. The highest BCUT2D eigenvalue weighted by Gasteiger charge is 2.06. The van der Waals surface area contributed by atoms with Crippen molar-refractivity contribution in [1.82, 2.24) is 10.2 Å². The maximum atomic E-state index is 6.16. The Morgan fingerprint density at radius 3 is 2.71 bits per heavy atom. The van der Waals surface area contributed by atoms with Gasteiger partial charge in [-0.15, -0.1) is 0 Å². The Kier molecular flexibility index (Phi) is 5.85. The van der Waals surface area contributed by atoms with Crippen LogP contribution in [0, 0.1) is 6.92 Å². The van der Waals surface area contributed by atoms with Crippen molar-refractivity contribution in [2.75, 3.05) is 27.2 Å². The summed E-state index contributed by atoms with van der Waals surface area (Å²) in [7, 11) is 4.18. The number of benzene rings is 1. The minimum absolute atomic E-state index is 0.757. The van der Waals surface area contributed by atoms with Crippen LogP contribution in [0.5, 0.6) is 0 Å². The summed E-state index contributed by atoms with van der Waals surface area (Å²) in [5.74, 6) is 1.81. The van der Waals surface area contributed by atoms with Crippen molar-refractivity contribution in [2.24, 2.45) is 0 Å². The molecule has 0 saturated carbocycles. The van der Waals surface area contributed by atoms with E-state index in [9.17, 15) is 0 Å².